The average Bonchev–Trinajstić information content (AvgIpc) is 2.46. The second-order valence-corrected chi connectivity index (χ2v) is 5.61. The molecule has 0 aromatic rings. The van der Waals surface area contributed by atoms with E-state index in [4.69, 9.17) is 4.74 Å². The van der Waals surface area contributed by atoms with Crippen molar-refractivity contribution < 1.29 is 14.6 Å². The third-order valence-electron chi connectivity index (χ3n) is 4.12. The highest BCUT2D eigenvalue weighted by Crippen LogP contribution is 2.39. The van der Waals surface area contributed by atoms with E-state index in [1.807, 2.05) is 6.92 Å². The number of ether oxygens (including phenoxy) is 1. The van der Waals surface area contributed by atoms with E-state index in [0.29, 0.717) is 11.5 Å². The summed E-state index contributed by atoms with van der Waals surface area (Å²) in [6.45, 7) is 7.83. The van der Waals surface area contributed by atoms with Gasteiger partial charge in [0.1, 0.15) is 6.10 Å². The molecule has 1 heterocycles. The summed E-state index contributed by atoms with van der Waals surface area (Å²) in [5, 5.41) is 9.37. The number of allylic oxidation sites excluding steroid dienone is 2. The highest BCUT2D eigenvalue weighted by molar-refractivity contribution is 5.90. The van der Waals surface area contributed by atoms with Crippen molar-refractivity contribution in [2.75, 3.05) is 0 Å². The summed E-state index contributed by atoms with van der Waals surface area (Å²) in [6, 6.07) is 0. The number of aliphatic hydroxyl groups is 1. The van der Waals surface area contributed by atoms with Gasteiger partial charge in [-0.1, -0.05) is 25.2 Å². The maximum absolute atomic E-state index is 11.5. The first-order chi connectivity index (χ1) is 8.49. The Kier molecular flexibility index (Phi) is 3.91. The van der Waals surface area contributed by atoms with Crippen LogP contribution in [0.5, 0.6) is 0 Å². The Labute approximate surface area is 109 Å². The number of esters is 1. The molecule has 0 bridgehead atoms. The van der Waals surface area contributed by atoms with Crippen molar-refractivity contribution in [1.82, 2.24) is 0 Å². The van der Waals surface area contributed by atoms with Gasteiger partial charge < -0.3 is 9.84 Å². The number of hydrogen-bond donors (Lipinski definition) is 1. The number of rotatable bonds is 3. The maximum atomic E-state index is 11.5. The lowest BCUT2D eigenvalue weighted by molar-refractivity contribution is -0.139. The molecule has 3 nitrogen and oxygen atoms in total. The van der Waals surface area contributed by atoms with Crippen molar-refractivity contribution in [2.24, 2.45) is 11.8 Å². The lowest BCUT2D eigenvalue weighted by atomic mass is 9.90. The largest absolute Gasteiger partial charge is 0.458 e. The van der Waals surface area contributed by atoms with Crippen LogP contribution in [0.3, 0.4) is 0 Å². The lowest BCUT2D eigenvalue weighted by Crippen LogP contribution is -2.17. The van der Waals surface area contributed by atoms with Gasteiger partial charge in [0.15, 0.2) is 0 Å². The second-order valence-electron chi connectivity index (χ2n) is 5.61. The van der Waals surface area contributed by atoms with Gasteiger partial charge in [-0.05, 0) is 38.5 Å². The number of fused-ring (bicyclic) bond motifs is 1. The molecular formula is C15H22O3. The van der Waals surface area contributed by atoms with Crippen LogP contribution in [0.25, 0.3) is 0 Å². The van der Waals surface area contributed by atoms with Crippen LogP contribution in [-0.2, 0) is 9.53 Å². The van der Waals surface area contributed by atoms with E-state index in [2.05, 4.69) is 19.6 Å². The predicted octanol–water partition coefficient (Wildman–Crippen LogP) is 2.60. The average molecular weight is 250 g/mol. The number of hydrogen-bond acceptors (Lipinski definition) is 3. The molecule has 3 heteroatoms. The molecule has 1 saturated heterocycles. The first-order valence-corrected chi connectivity index (χ1v) is 6.75. The third kappa shape index (κ3) is 2.66. The van der Waals surface area contributed by atoms with Gasteiger partial charge in [0, 0.05) is 11.5 Å². The monoisotopic (exact) mass is 250 g/mol. The van der Waals surface area contributed by atoms with Gasteiger partial charge in [0.2, 0.25) is 0 Å². The zero-order valence-corrected chi connectivity index (χ0v) is 11.2. The van der Waals surface area contributed by atoms with Gasteiger partial charge in [0.05, 0.1) is 6.10 Å². The molecule has 0 amide bonds. The topological polar surface area (TPSA) is 46.5 Å². The first-order valence-electron chi connectivity index (χ1n) is 6.75. The van der Waals surface area contributed by atoms with E-state index in [-0.39, 0.29) is 24.1 Å². The summed E-state index contributed by atoms with van der Waals surface area (Å²) in [7, 11) is 0. The highest BCUT2D eigenvalue weighted by Gasteiger charge is 2.40. The molecule has 1 N–H and O–H groups in total. The summed E-state index contributed by atoms with van der Waals surface area (Å²) in [5.41, 5.74) is 2.01. The van der Waals surface area contributed by atoms with Crippen LogP contribution in [0, 0.1) is 11.8 Å². The zero-order chi connectivity index (χ0) is 13.3. The summed E-state index contributed by atoms with van der Waals surface area (Å²) in [6.07, 6.45) is 5.42. The van der Waals surface area contributed by atoms with Crippen LogP contribution >= 0.6 is 0 Å². The molecule has 2 rings (SSSR count). The van der Waals surface area contributed by atoms with Crippen molar-refractivity contribution in [3.8, 4) is 0 Å². The molecule has 2 aliphatic rings. The number of carbonyl (C=O) groups is 1. The van der Waals surface area contributed by atoms with Crippen molar-refractivity contribution in [3.05, 3.63) is 23.8 Å². The lowest BCUT2D eigenvalue weighted by Gasteiger charge is -2.18. The Bertz CT molecular complexity index is 381. The molecule has 1 aliphatic carbocycles. The van der Waals surface area contributed by atoms with Crippen molar-refractivity contribution in [3.63, 3.8) is 0 Å². The van der Waals surface area contributed by atoms with Gasteiger partial charge in [0.25, 0.3) is 0 Å². The minimum Gasteiger partial charge on any atom is -0.458 e. The SMILES string of the molecule is C=C1C(=O)O[C@H]2C[C@@H](C)C(CC[C@@H](C)O)=CC[C@@H]12. The second kappa shape index (κ2) is 5.27. The summed E-state index contributed by atoms with van der Waals surface area (Å²) in [5.74, 6) is 0.347. The van der Waals surface area contributed by atoms with E-state index in [1.165, 1.54) is 5.57 Å². The standard InChI is InChI=1S/C15H22O3/c1-9-8-14-13(11(3)15(17)18-14)7-6-12(9)5-4-10(2)16/h6,9-10,13-14,16H,3-5,7-8H2,1-2H3/t9-,10-,13+,14+/m1/s1. The molecule has 0 radical (unpaired) electrons. The Balaban J connectivity index is 2.06. The minimum atomic E-state index is -0.256. The first kappa shape index (κ1) is 13.3. The van der Waals surface area contributed by atoms with Crippen LogP contribution in [0.15, 0.2) is 23.8 Å². The molecule has 0 aromatic heterocycles. The zero-order valence-electron chi connectivity index (χ0n) is 11.2. The maximum Gasteiger partial charge on any atom is 0.334 e. The van der Waals surface area contributed by atoms with Crippen LogP contribution in [0.4, 0.5) is 0 Å². The Morgan fingerprint density at radius 3 is 3.00 bits per heavy atom. The minimum absolute atomic E-state index is 0.000278. The molecule has 0 saturated carbocycles. The van der Waals surface area contributed by atoms with Crippen molar-refractivity contribution in [2.45, 2.75) is 51.7 Å². The Morgan fingerprint density at radius 2 is 2.33 bits per heavy atom. The third-order valence-corrected chi connectivity index (χ3v) is 4.12. The molecule has 0 aromatic carbocycles. The molecule has 1 fully saturated rings. The molecular weight excluding hydrogens is 228 g/mol. The van der Waals surface area contributed by atoms with Gasteiger partial charge >= 0.3 is 5.97 Å². The van der Waals surface area contributed by atoms with Crippen LogP contribution in [0.2, 0.25) is 0 Å². The summed E-state index contributed by atoms with van der Waals surface area (Å²) in [4.78, 5) is 11.5. The van der Waals surface area contributed by atoms with Crippen molar-refractivity contribution >= 4 is 5.97 Å². The molecule has 1 aliphatic heterocycles. The fraction of sp³-hybridized carbons (Fsp3) is 0.667. The van der Waals surface area contributed by atoms with Crippen LogP contribution in [0.1, 0.15) is 39.5 Å². The Hall–Kier alpha value is -1.09. The van der Waals surface area contributed by atoms with Gasteiger partial charge in [-0.15, -0.1) is 0 Å². The van der Waals surface area contributed by atoms with E-state index in [1.54, 1.807) is 0 Å². The molecule has 0 unspecified atom stereocenters. The molecule has 0 spiro atoms. The van der Waals surface area contributed by atoms with E-state index < -0.39 is 0 Å². The molecule has 100 valence electrons. The van der Waals surface area contributed by atoms with Crippen molar-refractivity contribution in [1.29, 1.82) is 0 Å². The smallest absolute Gasteiger partial charge is 0.334 e. The summed E-state index contributed by atoms with van der Waals surface area (Å²) < 4.78 is 5.38. The van der Waals surface area contributed by atoms with Crippen LogP contribution in [-0.4, -0.2) is 23.3 Å². The Morgan fingerprint density at radius 1 is 1.61 bits per heavy atom. The highest BCUT2D eigenvalue weighted by atomic mass is 16.6. The number of aliphatic hydroxyl groups excluding tert-OH is 1. The quantitative estimate of drug-likeness (QED) is 0.476. The van der Waals surface area contributed by atoms with Gasteiger partial charge in [-0.2, -0.15) is 0 Å². The molecule has 18 heavy (non-hydrogen) atoms. The predicted molar refractivity (Wildman–Crippen MR) is 69.9 cm³/mol. The fourth-order valence-electron chi connectivity index (χ4n) is 2.88. The van der Waals surface area contributed by atoms with E-state index in [9.17, 15) is 9.90 Å². The van der Waals surface area contributed by atoms with Gasteiger partial charge in [-0.25, -0.2) is 4.79 Å². The van der Waals surface area contributed by atoms with E-state index in [0.717, 1.165) is 25.7 Å². The van der Waals surface area contributed by atoms with Gasteiger partial charge in [-0.3, -0.25) is 0 Å². The van der Waals surface area contributed by atoms with Crippen LogP contribution < -0.4 is 0 Å². The molecule has 4 atom stereocenters. The fourth-order valence-corrected chi connectivity index (χ4v) is 2.88. The number of carbonyl (C=O) groups excluding carboxylic acids is 1. The van der Waals surface area contributed by atoms with E-state index >= 15 is 0 Å². The summed E-state index contributed by atoms with van der Waals surface area (Å²) >= 11 is 0. The normalized spacial score (nSPS) is 33.5.